The number of hydrogen-bond acceptors (Lipinski definition) is 3. The second-order valence-electron chi connectivity index (χ2n) is 9.02. The van der Waals surface area contributed by atoms with Crippen LogP contribution >= 0.6 is 11.6 Å². The smallest absolute Gasteiger partial charge is 0.303 e. The van der Waals surface area contributed by atoms with Crippen LogP contribution in [0.2, 0.25) is 5.02 Å². The molecule has 2 aromatic rings. The average Bonchev–Trinajstić information content (AvgIpc) is 3.08. The number of carbonyl (C=O) groups excluding carboxylic acids is 1. The molecule has 3 N–H and O–H groups in total. The number of halogens is 1. The minimum absolute atomic E-state index is 0.0279. The third-order valence-corrected chi connectivity index (χ3v) is 6.58. The van der Waals surface area contributed by atoms with Crippen LogP contribution < -0.4 is 5.32 Å². The molecule has 0 aliphatic heterocycles. The molecule has 168 valence electrons. The van der Waals surface area contributed by atoms with E-state index >= 15 is 0 Å². The number of amides is 1. The molecule has 0 saturated heterocycles. The van der Waals surface area contributed by atoms with Crippen molar-refractivity contribution in [2.24, 2.45) is 23.7 Å². The Morgan fingerprint density at radius 2 is 2.10 bits per heavy atom. The molecule has 3 unspecified atom stereocenters. The summed E-state index contributed by atoms with van der Waals surface area (Å²) in [5.41, 5.74) is 3.23. The van der Waals surface area contributed by atoms with Gasteiger partial charge in [0.1, 0.15) is 5.82 Å². The van der Waals surface area contributed by atoms with Gasteiger partial charge in [0.25, 0.3) is 0 Å². The van der Waals surface area contributed by atoms with Crippen LogP contribution in [-0.4, -0.2) is 33.5 Å². The molecule has 1 aliphatic carbocycles. The van der Waals surface area contributed by atoms with E-state index in [4.69, 9.17) is 21.7 Å². The van der Waals surface area contributed by atoms with Gasteiger partial charge in [-0.05, 0) is 61.6 Å². The number of allylic oxidation sites excluding steroid dienone is 1. The number of carboxylic acid groups (broad SMARTS) is 1. The Balaban J connectivity index is 1.64. The van der Waals surface area contributed by atoms with Gasteiger partial charge in [0.15, 0.2) is 0 Å². The van der Waals surface area contributed by atoms with Crippen molar-refractivity contribution in [2.75, 3.05) is 6.54 Å². The summed E-state index contributed by atoms with van der Waals surface area (Å²) in [5.74, 6) is 1.69. The Morgan fingerprint density at radius 3 is 2.81 bits per heavy atom. The molecular weight excluding hydrogens is 414 g/mol. The lowest BCUT2D eigenvalue weighted by Gasteiger charge is -2.37. The minimum atomic E-state index is -0.864. The summed E-state index contributed by atoms with van der Waals surface area (Å²) < 4.78 is 0. The first-order chi connectivity index (χ1) is 14.7. The maximum atomic E-state index is 12.1. The van der Waals surface area contributed by atoms with E-state index in [1.54, 1.807) is 0 Å². The molecule has 0 bridgehead atoms. The highest BCUT2D eigenvalue weighted by atomic mass is 35.5. The number of H-pyrrole nitrogens is 1. The molecule has 7 heteroatoms. The van der Waals surface area contributed by atoms with E-state index < -0.39 is 5.97 Å². The number of imidazole rings is 1. The molecule has 31 heavy (non-hydrogen) atoms. The Morgan fingerprint density at radius 1 is 1.32 bits per heavy atom. The number of hydrogen-bond donors (Lipinski definition) is 3. The van der Waals surface area contributed by atoms with Crippen molar-refractivity contribution in [3.63, 3.8) is 0 Å². The molecule has 0 fully saturated rings. The number of rotatable bonds is 9. The number of fused-ring (bicyclic) bond motifs is 1. The zero-order valence-electron chi connectivity index (χ0n) is 18.5. The van der Waals surface area contributed by atoms with Gasteiger partial charge >= 0.3 is 5.97 Å². The second-order valence-corrected chi connectivity index (χ2v) is 9.45. The van der Waals surface area contributed by atoms with E-state index in [1.165, 1.54) is 5.57 Å². The van der Waals surface area contributed by atoms with Crippen molar-refractivity contribution in [3.05, 3.63) is 40.7 Å². The lowest BCUT2D eigenvalue weighted by molar-refractivity contribution is -0.137. The molecule has 1 aromatic heterocycles. The highest BCUT2D eigenvalue weighted by molar-refractivity contribution is 6.31. The third kappa shape index (κ3) is 6.33. The lowest BCUT2D eigenvalue weighted by Crippen LogP contribution is -2.37. The van der Waals surface area contributed by atoms with Crippen molar-refractivity contribution < 1.29 is 14.7 Å². The summed E-state index contributed by atoms with van der Waals surface area (Å²) in [5, 5.41) is 12.4. The topological polar surface area (TPSA) is 95.1 Å². The molecular formula is C24H32ClN3O3. The maximum Gasteiger partial charge on any atom is 0.303 e. The Kier molecular flexibility index (Phi) is 7.76. The monoisotopic (exact) mass is 445 g/mol. The number of carboxylic acids is 1. The van der Waals surface area contributed by atoms with Crippen LogP contribution in [-0.2, 0) is 16.0 Å². The van der Waals surface area contributed by atoms with Gasteiger partial charge in [-0.1, -0.05) is 37.1 Å². The number of nitrogens with one attached hydrogen (secondary N) is 2. The molecule has 3 atom stereocenters. The Labute approximate surface area is 188 Å². The number of aromatic nitrogens is 2. The quantitative estimate of drug-likeness (QED) is 0.474. The summed E-state index contributed by atoms with van der Waals surface area (Å²) in [6.07, 6.45) is 4.88. The van der Waals surface area contributed by atoms with Gasteiger partial charge in [-0.2, -0.15) is 0 Å². The summed E-state index contributed by atoms with van der Waals surface area (Å²) in [4.78, 5) is 30.8. The molecule has 6 nitrogen and oxygen atoms in total. The summed E-state index contributed by atoms with van der Waals surface area (Å²) >= 11 is 6.09. The molecule has 1 aromatic carbocycles. The normalized spacial score (nSPS) is 21.3. The number of benzene rings is 1. The van der Waals surface area contributed by atoms with E-state index in [1.807, 2.05) is 18.2 Å². The van der Waals surface area contributed by atoms with Crippen LogP contribution in [0.15, 0.2) is 29.8 Å². The first-order valence-corrected chi connectivity index (χ1v) is 11.4. The van der Waals surface area contributed by atoms with Crippen LogP contribution in [0.4, 0.5) is 0 Å². The number of carbonyl (C=O) groups is 2. The summed E-state index contributed by atoms with van der Waals surface area (Å²) in [7, 11) is 0. The fourth-order valence-electron chi connectivity index (χ4n) is 4.59. The van der Waals surface area contributed by atoms with Crippen LogP contribution in [0.1, 0.15) is 52.3 Å². The number of nitrogens with zero attached hydrogens (tertiary/aromatic N) is 1. The van der Waals surface area contributed by atoms with Crippen LogP contribution in [0.3, 0.4) is 0 Å². The fourth-order valence-corrected chi connectivity index (χ4v) is 4.76. The fraction of sp³-hybridized carbons (Fsp3) is 0.542. The SMILES string of the molecule is CC1=CC(CNC(=O)CCCC(=O)O)C(C(C)C)CC1Cc1nc2ccc(Cl)cc2[nH]1. The van der Waals surface area contributed by atoms with E-state index in [-0.39, 0.29) is 24.7 Å². The maximum absolute atomic E-state index is 12.1. The Hall–Kier alpha value is -2.34. The van der Waals surface area contributed by atoms with Crippen LogP contribution in [0, 0.1) is 23.7 Å². The van der Waals surface area contributed by atoms with Crippen molar-refractivity contribution in [1.29, 1.82) is 0 Å². The highest BCUT2D eigenvalue weighted by Gasteiger charge is 2.32. The predicted molar refractivity (Wildman–Crippen MR) is 123 cm³/mol. The number of aliphatic carboxylic acids is 1. The first-order valence-electron chi connectivity index (χ1n) is 11.0. The van der Waals surface area contributed by atoms with Crippen molar-refractivity contribution >= 4 is 34.5 Å². The van der Waals surface area contributed by atoms with Gasteiger partial charge in [0, 0.05) is 30.8 Å². The van der Waals surface area contributed by atoms with Gasteiger partial charge in [-0.25, -0.2) is 4.98 Å². The van der Waals surface area contributed by atoms with E-state index in [0.29, 0.717) is 35.7 Å². The molecule has 1 aliphatic rings. The Bertz CT molecular complexity index is 966. The minimum Gasteiger partial charge on any atom is -0.481 e. The lowest BCUT2D eigenvalue weighted by atomic mass is 9.69. The first kappa shape index (κ1) is 23.3. The molecule has 0 spiro atoms. The molecule has 1 heterocycles. The number of aromatic amines is 1. The van der Waals surface area contributed by atoms with Crippen molar-refractivity contribution in [1.82, 2.24) is 15.3 Å². The van der Waals surface area contributed by atoms with Gasteiger partial charge in [-0.3, -0.25) is 9.59 Å². The standard InChI is InChI=1S/C24H32ClN3O3/c1-14(2)19-10-16(11-22-27-20-8-7-18(25)12-21(20)28-22)15(3)9-17(19)13-26-23(29)5-4-6-24(30)31/h7-9,12,14,16-17,19H,4-6,10-11,13H2,1-3H3,(H,26,29)(H,27,28)(H,30,31). The molecule has 1 amide bonds. The average molecular weight is 446 g/mol. The summed E-state index contributed by atoms with van der Waals surface area (Å²) in [6.45, 7) is 7.24. The molecule has 3 rings (SSSR count). The highest BCUT2D eigenvalue weighted by Crippen LogP contribution is 2.38. The molecule has 0 radical (unpaired) electrons. The third-order valence-electron chi connectivity index (χ3n) is 6.35. The van der Waals surface area contributed by atoms with Crippen LogP contribution in [0.5, 0.6) is 0 Å². The van der Waals surface area contributed by atoms with Crippen molar-refractivity contribution in [3.8, 4) is 0 Å². The van der Waals surface area contributed by atoms with Gasteiger partial charge in [-0.15, -0.1) is 0 Å². The van der Waals surface area contributed by atoms with E-state index in [0.717, 1.165) is 29.7 Å². The van der Waals surface area contributed by atoms with Gasteiger partial charge < -0.3 is 15.4 Å². The largest absolute Gasteiger partial charge is 0.481 e. The van der Waals surface area contributed by atoms with Gasteiger partial charge in [0.05, 0.1) is 11.0 Å². The van der Waals surface area contributed by atoms with Crippen molar-refractivity contribution in [2.45, 2.75) is 52.9 Å². The van der Waals surface area contributed by atoms with E-state index in [2.05, 4.69) is 37.1 Å². The zero-order chi connectivity index (χ0) is 22.5. The van der Waals surface area contributed by atoms with Gasteiger partial charge in [0.2, 0.25) is 5.91 Å². The van der Waals surface area contributed by atoms with E-state index in [9.17, 15) is 9.59 Å². The summed E-state index contributed by atoms with van der Waals surface area (Å²) in [6, 6.07) is 5.70. The predicted octanol–water partition coefficient (Wildman–Crippen LogP) is 4.98. The van der Waals surface area contributed by atoms with Crippen LogP contribution in [0.25, 0.3) is 11.0 Å². The second kappa shape index (κ2) is 10.3. The zero-order valence-corrected chi connectivity index (χ0v) is 19.2. The molecule has 0 saturated carbocycles.